The Labute approximate surface area is 77.9 Å². The highest BCUT2D eigenvalue weighted by molar-refractivity contribution is 7.99. The van der Waals surface area contributed by atoms with Crippen LogP contribution in [0.15, 0.2) is 0 Å². The third-order valence-corrected chi connectivity index (χ3v) is 2.91. The number of aliphatic hydroxyl groups excluding tert-OH is 1. The van der Waals surface area contributed by atoms with Gasteiger partial charge < -0.3 is 10.4 Å². The Morgan fingerprint density at radius 3 is 2.58 bits per heavy atom. The summed E-state index contributed by atoms with van der Waals surface area (Å²) in [5, 5.41) is 11.8. The highest BCUT2D eigenvalue weighted by Crippen LogP contribution is 2.09. The molecule has 0 aromatic carbocycles. The first kappa shape index (κ1) is 11.8. The largest absolute Gasteiger partial charge is 0.395 e. The minimum absolute atomic E-state index is 0.0370. The second-order valence-corrected chi connectivity index (χ2v) is 3.74. The molecule has 0 bridgehead atoms. The van der Waals surface area contributed by atoms with Crippen LogP contribution in [0.1, 0.15) is 20.3 Å². The Bertz CT molecular complexity index is 137. The third kappa shape index (κ3) is 3.97. The average molecular weight is 191 g/mol. The molecule has 0 aliphatic rings. The van der Waals surface area contributed by atoms with Gasteiger partial charge in [-0.1, -0.05) is 6.92 Å². The van der Waals surface area contributed by atoms with Crippen LogP contribution in [0.4, 0.5) is 0 Å². The summed E-state index contributed by atoms with van der Waals surface area (Å²) >= 11 is 1.57. The molecule has 0 aromatic heterocycles. The SMILES string of the molecule is CCC(=O)NC(C)C(CO)SC. The predicted octanol–water partition coefficient (Wildman–Crippen LogP) is 0.625. The topological polar surface area (TPSA) is 49.3 Å². The Kier molecular flexibility index (Phi) is 6.20. The molecule has 0 fully saturated rings. The molecule has 2 unspecified atom stereocenters. The van der Waals surface area contributed by atoms with Crippen molar-refractivity contribution in [3.8, 4) is 0 Å². The van der Waals surface area contributed by atoms with Crippen LogP contribution in [0.3, 0.4) is 0 Å². The van der Waals surface area contributed by atoms with E-state index in [1.807, 2.05) is 20.1 Å². The quantitative estimate of drug-likeness (QED) is 0.670. The van der Waals surface area contributed by atoms with E-state index in [2.05, 4.69) is 5.32 Å². The predicted molar refractivity (Wildman–Crippen MR) is 52.3 cm³/mol. The van der Waals surface area contributed by atoms with Crippen molar-refractivity contribution < 1.29 is 9.90 Å². The zero-order valence-corrected chi connectivity index (χ0v) is 8.65. The minimum Gasteiger partial charge on any atom is -0.395 e. The van der Waals surface area contributed by atoms with Gasteiger partial charge in [0.25, 0.3) is 0 Å². The van der Waals surface area contributed by atoms with Gasteiger partial charge in [-0.05, 0) is 13.2 Å². The zero-order valence-electron chi connectivity index (χ0n) is 7.83. The molecule has 0 saturated heterocycles. The molecule has 0 aliphatic heterocycles. The zero-order chi connectivity index (χ0) is 9.56. The van der Waals surface area contributed by atoms with Crippen molar-refractivity contribution >= 4 is 17.7 Å². The van der Waals surface area contributed by atoms with Crippen molar-refractivity contribution in [2.45, 2.75) is 31.6 Å². The second kappa shape index (κ2) is 6.31. The van der Waals surface area contributed by atoms with Crippen molar-refractivity contribution in [3.05, 3.63) is 0 Å². The number of carbonyl (C=O) groups excluding carboxylic acids is 1. The molecule has 2 N–H and O–H groups in total. The second-order valence-electron chi connectivity index (χ2n) is 2.67. The van der Waals surface area contributed by atoms with Gasteiger partial charge in [0, 0.05) is 17.7 Å². The van der Waals surface area contributed by atoms with Gasteiger partial charge in [-0.2, -0.15) is 11.8 Å². The molecule has 3 nitrogen and oxygen atoms in total. The number of nitrogens with one attached hydrogen (secondary N) is 1. The lowest BCUT2D eigenvalue weighted by atomic mass is 10.2. The molecule has 0 saturated carbocycles. The molecule has 0 aromatic rings. The van der Waals surface area contributed by atoms with Gasteiger partial charge in [0.1, 0.15) is 0 Å². The lowest BCUT2D eigenvalue weighted by molar-refractivity contribution is -0.121. The van der Waals surface area contributed by atoms with Gasteiger partial charge in [0.05, 0.1) is 6.61 Å². The molecule has 0 heterocycles. The van der Waals surface area contributed by atoms with E-state index in [9.17, 15) is 4.79 Å². The maximum atomic E-state index is 11.0. The van der Waals surface area contributed by atoms with E-state index in [1.54, 1.807) is 11.8 Å². The van der Waals surface area contributed by atoms with Gasteiger partial charge in [-0.15, -0.1) is 0 Å². The minimum atomic E-state index is 0.0370. The summed E-state index contributed by atoms with van der Waals surface area (Å²) in [7, 11) is 0. The first-order valence-corrected chi connectivity index (χ1v) is 5.37. The highest BCUT2D eigenvalue weighted by Gasteiger charge is 2.15. The molecule has 0 aliphatic carbocycles. The Balaban J connectivity index is 3.83. The van der Waals surface area contributed by atoms with Crippen LogP contribution < -0.4 is 5.32 Å². The molecule has 4 heteroatoms. The first-order valence-electron chi connectivity index (χ1n) is 4.08. The van der Waals surface area contributed by atoms with E-state index in [1.165, 1.54) is 0 Å². The fraction of sp³-hybridized carbons (Fsp3) is 0.875. The molecule has 2 atom stereocenters. The molecular weight excluding hydrogens is 174 g/mol. The molecular formula is C8H17NO2S. The number of aliphatic hydroxyl groups is 1. The van der Waals surface area contributed by atoms with Crippen LogP contribution in [0.5, 0.6) is 0 Å². The monoisotopic (exact) mass is 191 g/mol. The van der Waals surface area contributed by atoms with Gasteiger partial charge in [-0.3, -0.25) is 4.79 Å². The summed E-state index contributed by atoms with van der Waals surface area (Å²) in [6.45, 7) is 3.83. The van der Waals surface area contributed by atoms with Gasteiger partial charge in [-0.25, -0.2) is 0 Å². The average Bonchev–Trinajstić information content (AvgIpc) is 2.06. The van der Waals surface area contributed by atoms with Crippen LogP contribution in [0, 0.1) is 0 Å². The van der Waals surface area contributed by atoms with Crippen LogP contribution in [0.25, 0.3) is 0 Å². The number of rotatable bonds is 5. The van der Waals surface area contributed by atoms with Gasteiger partial charge in [0.15, 0.2) is 0 Å². The van der Waals surface area contributed by atoms with Gasteiger partial charge in [0.2, 0.25) is 5.91 Å². The lowest BCUT2D eigenvalue weighted by Crippen LogP contribution is -2.40. The molecule has 72 valence electrons. The van der Waals surface area contributed by atoms with E-state index < -0.39 is 0 Å². The molecule has 1 amide bonds. The highest BCUT2D eigenvalue weighted by atomic mass is 32.2. The normalized spacial score (nSPS) is 15.3. The number of carbonyl (C=O) groups is 1. The van der Waals surface area contributed by atoms with Crippen molar-refractivity contribution in [2.75, 3.05) is 12.9 Å². The number of amides is 1. The van der Waals surface area contributed by atoms with E-state index in [0.29, 0.717) is 6.42 Å². The number of thioether (sulfide) groups is 1. The fourth-order valence-corrected chi connectivity index (χ4v) is 1.51. The van der Waals surface area contributed by atoms with Crippen molar-refractivity contribution in [1.29, 1.82) is 0 Å². The Morgan fingerprint density at radius 1 is 1.67 bits per heavy atom. The summed E-state index contributed by atoms with van der Waals surface area (Å²) in [5.41, 5.74) is 0. The van der Waals surface area contributed by atoms with Crippen molar-refractivity contribution in [1.82, 2.24) is 5.32 Å². The fourth-order valence-electron chi connectivity index (χ4n) is 0.886. The maximum Gasteiger partial charge on any atom is 0.219 e. The maximum absolute atomic E-state index is 11.0. The number of hydrogen-bond acceptors (Lipinski definition) is 3. The van der Waals surface area contributed by atoms with Gasteiger partial charge >= 0.3 is 0 Å². The summed E-state index contributed by atoms with van der Waals surface area (Å²) in [5.74, 6) is 0.0370. The molecule has 0 rings (SSSR count). The van der Waals surface area contributed by atoms with Crippen molar-refractivity contribution in [2.24, 2.45) is 0 Å². The lowest BCUT2D eigenvalue weighted by Gasteiger charge is -2.20. The molecule has 0 spiro atoms. The van der Waals surface area contributed by atoms with Crippen LogP contribution in [-0.2, 0) is 4.79 Å². The number of hydrogen-bond donors (Lipinski definition) is 2. The van der Waals surface area contributed by atoms with E-state index >= 15 is 0 Å². The van der Waals surface area contributed by atoms with E-state index in [-0.39, 0.29) is 23.8 Å². The first-order chi connectivity index (χ1) is 5.65. The molecule has 12 heavy (non-hydrogen) atoms. The smallest absolute Gasteiger partial charge is 0.219 e. The van der Waals surface area contributed by atoms with Crippen LogP contribution >= 0.6 is 11.8 Å². The summed E-state index contributed by atoms with van der Waals surface area (Å²) in [6.07, 6.45) is 2.42. The van der Waals surface area contributed by atoms with Crippen molar-refractivity contribution in [3.63, 3.8) is 0 Å². The summed E-state index contributed by atoms with van der Waals surface area (Å²) in [4.78, 5) is 11.0. The van der Waals surface area contributed by atoms with Crippen LogP contribution in [0.2, 0.25) is 0 Å². The van der Waals surface area contributed by atoms with Crippen LogP contribution in [-0.4, -0.2) is 35.2 Å². The third-order valence-electron chi connectivity index (χ3n) is 1.75. The van der Waals surface area contributed by atoms with E-state index in [4.69, 9.17) is 5.11 Å². The Morgan fingerprint density at radius 2 is 2.25 bits per heavy atom. The Hall–Kier alpha value is -0.220. The van der Waals surface area contributed by atoms with E-state index in [0.717, 1.165) is 0 Å². The summed E-state index contributed by atoms with van der Waals surface area (Å²) in [6, 6.07) is 0.0393. The standard InChI is InChI=1S/C8H17NO2S/c1-4-8(11)9-6(2)7(5-10)12-3/h6-7,10H,4-5H2,1-3H3,(H,9,11). The molecule has 0 radical (unpaired) electrons. The summed E-state index contributed by atoms with van der Waals surface area (Å²) < 4.78 is 0.